The Labute approximate surface area is 111 Å². The molecule has 0 radical (unpaired) electrons. The Kier molecular flexibility index (Phi) is 6.54. The molecule has 1 aliphatic carbocycles. The van der Waals surface area contributed by atoms with Crippen LogP contribution in [0.3, 0.4) is 0 Å². The second kappa shape index (κ2) is 7.42. The molecule has 1 saturated carbocycles. The van der Waals surface area contributed by atoms with Gasteiger partial charge in [-0.05, 0) is 44.1 Å². The Morgan fingerprint density at radius 3 is 2.28 bits per heavy atom. The van der Waals surface area contributed by atoms with Crippen molar-refractivity contribution in [1.29, 1.82) is 0 Å². The summed E-state index contributed by atoms with van der Waals surface area (Å²) in [6.45, 7) is 7.63. The Balaban J connectivity index is 2.54. The summed E-state index contributed by atoms with van der Waals surface area (Å²) in [5, 5.41) is 3.61. The van der Waals surface area contributed by atoms with E-state index in [0.717, 1.165) is 13.0 Å². The van der Waals surface area contributed by atoms with Crippen LogP contribution in [0.25, 0.3) is 0 Å². The molecule has 0 aliphatic heterocycles. The first-order valence-electron chi connectivity index (χ1n) is 7.61. The number of hydrogen-bond donors (Lipinski definition) is 1. The summed E-state index contributed by atoms with van der Waals surface area (Å²) in [6.07, 6.45) is 5.01. The Morgan fingerprint density at radius 2 is 1.78 bits per heavy atom. The molecular weight excluding hydrogens is 232 g/mol. The van der Waals surface area contributed by atoms with Gasteiger partial charge in [-0.15, -0.1) is 0 Å². The quantitative estimate of drug-likeness (QED) is 0.705. The first-order chi connectivity index (χ1) is 8.50. The highest BCUT2D eigenvalue weighted by Gasteiger charge is 2.38. The lowest BCUT2D eigenvalue weighted by molar-refractivity contribution is -0.0518. The second-order valence-electron chi connectivity index (χ2n) is 5.94. The topological polar surface area (TPSA) is 12.0 Å². The highest BCUT2D eigenvalue weighted by atomic mass is 19.3. The molecule has 1 N–H and O–H groups in total. The SMILES string of the molecule is CCCNC(C(C)CCC)C1CCC(F)(F)CC1. The first-order valence-corrected chi connectivity index (χ1v) is 7.61. The lowest BCUT2D eigenvalue weighted by Crippen LogP contribution is -2.44. The van der Waals surface area contributed by atoms with Gasteiger partial charge in [-0.3, -0.25) is 0 Å². The van der Waals surface area contributed by atoms with Crippen molar-refractivity contribution < 1.29 is 8.78 Å². The molecule has 18 heavy (non-hydrogen) atoms. The van der Waals surface area contributed by atoms with Crippen molar-refractivity contribution in [3.8, 4) is 0 Å². The number of hydrogen-bond acceptors (Lipinski definition) is 1. The Morgan fingerprint density at radius 1 is 1.17 bits per heavy atom. The van der Waals surface area contributed by atoms with Gasteiger partial charge < -0.3 is 5.32 Å². The monoisotopic (exact) mass is 261 g/mol. The van der Waals surface area contributed by atoms with Gasteiger partial charge >= 0.3 is 0 Å². The minimum atomic E-state index is -2.40. The van der Waals surface area contributed by atoms with Crippen LogP contribution in [0.2, 0.25) is 0 Å². The summed E-state index contributed by atoms with van der Waals surface area (Å²) < 4.78 is 26.4. The Bertz CT molecular complexity index is 221. The smallest absolute Gasteiger partial charge is 0.248 e. The van der Waals surface area contributed by atoms with Crippen molar-refractivity contribution in [3.05, 3.63) is 0 Å². The third kappa shape index (κ3) is 4.83. The molecule has 1 nitrogen and oxygen atoms in total. The van der Waals surface area contributed by atoms with Gasteiger partial charge in [0.2, 0.25) is 5.92 Å². The van der Waals surface area contributed by atoms with E-state index in [1.807, 2.05) is 0 Å². The minimum absolute atomic E-state index is 0.0841. The van der Waals surface area contributed by atoms with Gasteiger partial charge in [0.25, 0.3) is 0 Å². The zero-order chi connectivity index (χ0) is 13.6. The molecule has 1 rings (SSSR count). The average molecular weight is 261 g/mol. The summed E-state index contributed by atoms with van der Waals surface area (Å²) >= 11 is 0. The lowest BCUT2D eigenvalue weighted by Gasteiger charge is -2.37. The van der Waals surface area contributed by atoms with Crippen LogP contribution in [0.1, 0.15) is 65.7 Å². The van der Waals surface area contributed by atoms with Crippen molar-refractivity contribution in [2.45, 2.75) is 77.7 Å². The zero-order valence-electron chi connectivity index (χ0n) is 12.1. The van der Waals surface area contributed by atoms with E-state index >= 15 is 0 Å². The molecule has 2 atom stereocenters. The van der Waals surface area contributed by atoms with Gasteiger partial charge in [-0.25, -0.2) is 8.78 Å². The molecule has 0 aromatic carbocycles. The van der Waals surface area contributed by atoms with E-state index in [-0.39, 0.29) is 12.8 Å². The van der Waals surface area contributed by atoms with E-state index < -0.39 is 5.92 Å². The maximum Gasteiger partial charge on any atom is 0.248 e. The molecule has 0 amide bonds. The summed E-state index contributed by atoms with van der Waals surface area (Å²) in [7, 11) is 0. The molecule has 1 fully saturated rings. The summed E-state index contributed by atoms with van der Waals surface area (Å²) in [5.41, 5.74) is 0. The van der Waals surface area contributed by atoms with Crippen LogP contribution in [0.15, 0.2) is 0 Å². The number of rotatable bonds is 7. The van der Waals surface area contributed by atoms with Crippen molar-refractivity contribution in [2.24, 2.45) is 11.8 Å². The fourth-order valence-corrected chi connectivity index (χ4v) is 3.20. The van der Waals surface area contributed by atoms with Crippen LogP contribution in [-0.4, -0.2) is 18.5 Å². The lowest BCUT2D eigenvalue weighted by atomic mass is 9.77. The highest BCUT2D eigenvalue weighted by Crippen LogP contribution is 2.39. The molecule has 0 saturated heterocycles. The number of nitrogens with one attached hydrogen (secondary N) is 1. The molecule has 0 spiro atoms. The predicted molar refractivity (Wildman–Crippen MR) is 73.1 cm³/mol. The van der Waals surface area contributed by atoms with Crippen molar-refractivity contribution in [3.63, 3.8) is 0 Å². The van der Waals surface area contributed by atoms with Crippen molar-refractivity contribution in [2.75, 3.05) is 6.54 Å². The maximum atomic E-state index is 13.2. The largest absolute Gasteiger partial charge is 0.313 e. The van der Waals surface area contributed by atoms with E-state index in [0.29, 0.717) is 30.7 Å². The summed E-state index contributed by atoms with van der Waals surface area (Å²) in [4.78, 5) is 0. The molecule has 0 aromatic rings. The van der Waals surface area contributed by atoms with Gasteiger partial charge in [-0.1, -0.05) is 27.2 Å². The first kappa shape index (κ1) is 15.9. The van der Waals surface area contributed by atoms with Crippen LogP contribution >= 0.6 is 0 Å². The van der Waals surface area contributed by atoms with Gasteiger partial charge in [0.05, 0.1) is 0 Å². The Hall–Kier alpha value is -0.180. The van der Waals surface area contributed by atoms with Gasteiger partial charge in [0.15, 0.2) is 0 Å². The zero-order valence-corrected chi connectivity index (χ0v) is 12.1. The predicted octanol–water partition coefficient (Wildman–Crippen LogP) is 4.62. The second-order valence-corrected chi connectivity index (χ2v) is 5.94. The maximum absolute atomic E-state index is 13.2. The molecule has 2 unspecified atom stereocenters. The molecular formula is C15H29F2N. The van der Waals surface area contributed by atoms with Crippen LogP contribution in [0.4, 0.5) is 8.78 Å². The minimum Gasteiger partial charge on any atom is -0.313 e. The molecule has 1 aliphatic rings. The number of halogens is 2. The van der Waals surface area contributed by atoms with Gasteiger partial charge in [-0.2, -0.15) is 0 Å². The summed E-state index contributed by atoms with van der Waals surface area (Å²) in [5.74, 6) is -1.37. The molecule has 0 aromatic heterocycles. The van der Waals surface area contributed by atoms with Crippen LogP contribution in [-0.2, 0) is 0 Å². The van der Waals surface area contributed by atoms with E-state index in [1.165, 1.54) is 12.8 Å². The van der Waals surface area contributed by atoms with E-state index in [2.05, 4.69) is 26.1 Å². The summed E-state index contributed by atoms with van der Waals surface area (Å²) in [6, 6.07) is 0.431. The number of alkyl halides is 2. The fraction of sp³-hybridized carbons (Fsp3) is 1.00. The molecule has 108 valence electrons. The van der Waals surface area contributed by atoms with Gasteiger partial charge in [0.1, 0.15) is 0 Å². The highest BCUT2D eigenvalue weighted by molar-refractivity contribution is 4.87. The third-order valence-electron chi connectivity index (χ3n) is 4.26. The van der Waals surface area contributed by atoms with Gasteiger partial charge in [0, 0.05) is 18.9 Å². The van der Waals surface area contributed by atoms with Crippen LogP contribution in [0.5, 0.6) is 0 Å². The van der Waals surface area contributed by atoms with E-state index in [4.69, 9.17) is 0 Å². The molecule has 3 heteroatoms. The third-order valence-corrected chi connectivity index (χ3v) is 4.26. The molecule has 0 bridgehead atoms. The standard InChI is InChI=1S/C15H29F2N/c1-4-6-12(3)14(18-11-5-2)13-7-9-15(16,17)10-8-13/h12-14,18H,4-11H2,1-3H3. The van der Waals surface area contributed by atoms with Crippen LogP contribution in [0, 0.1) is 11.8 Å². The normalized spacial score (nSPS) is 23.8. The fourth-order valence-electron chi connectivity index (χ4n) is 3.20. The van der Waals surface area contributed by atoms with E-state index in [9.17, 15) is 8.78 Å². The molecule has 0 heterocycles. The van der Waals surface area contributed by atoms with E-state index in [1.54, 1.807) is 0 Å². The van der Waals surface area contributed by atoms with Crippen LogP contribution < -0.4 is 5.32 Å². The van der Waals surface area contributed by atoms with Crippen molar-refractivity contribution in [1.82, 2.24) is 5.32 Å². The average Bonchev–Trinajstić information content (AvgIpc) is 2.31. The van der Waals surface area contributed by atoms with Crippen molar-refractivity contribution >= 4 is 0 Å².